The number of aromatic hydroxyl groups is 1. The van der Waals surface area contributed by atoms with Gasteiger partial charge in [-0.15, -0.1) is 5.11 Å². The SMILES string of the molecule is O=[N+]([O-])c1ccc(N=Nc2c(O)[nH]c3ccccc23)cc1. The van der Waals surface area contributed by atoms with Crippen molar-refractivity contribution < 1.29 is 10.0 Å². The zero-order valence-electron chi connectivity index (χ0n) is 10.7. The van der Waals surface area contributed by atoms with Gasteiger partial charge in [0, 0.05) is 17.5 Å². The summed E-state index contributed by atoms with van der Waals surface area (Å²) in [7, 11) is 0. The molecule has 0 radical (unpaired) electrons. The van der Waals surface area contributed by atoms with Crippen molar-refractivity contribution in [1.29, 1.82) is 0 Å². The molecule has 7 heteroatoms. The Balaban J connectivity index is 1.94. The van der Waals surface area contributed by atoms with Gasteiger partial charge in [-0.05, 0) is 18.2 Å². The van der Waals surface area contributed by atoms with Crippen LogP contribution < -0.4 is 0 Å². The maximum absolute atomic E-state index is 10.6. The van der Waals surface area contributed by atoms with Gasteiger partial charge >= 0.3 is 0 Å². The van der Waals surface area contributed by atoms with Gasteiger partial charge in [-0.3, -0.25) is 10.1 Å². The highest BCUT2D eigenvalue weighted by molar-refractivity contribution is 5.94. The lowest BCUT2D eigenvalue weighted by molar-refractivity contribution is -0.384. The molecule has 0 fully saturated rings. The lowest BCUT2D eigenvalue weighted by Crippen LogP contribution is -1.85. The van der Waals surface area contributed by atoms with Crippen LogP contribution in [0.4, 0.5) is 17.1 Å². The van der Waals surface area contributed by atoms with Crippen LogP contribution in [0, 0.1) is 10.1 Å². The molecular formula is C14H10N4O3. The van der Waals surface area contributed by atoms with Crippen molar-refractivity contribution in [3.8, 4) is 5.88 Å². The van der Waals surface area contributed by atoms with Crippen molar-refractivity contribution in [2.45, 2.75) is 0 Å². The molecular weight excluding hydrogens is 272 g/mol. The number of nitrogens with zero attached hydrogens (tertiary/aromatic N) is 3. The van der Waals surface area contributed by atoms with Crippen molar-refractivity contribution >= 4 is 28.0 Å². The van der Waals surface area contributed by atoms with Gasteiger partial charge in [0.1, 0.15) is 0 Å². The molecule has 2 aromatic carbocycles. The van der Waals surface area contributed by atoms with E-state index < -0.39 is 4.92 Å². The van der Waals surface area contributed by atoms with E-state index in [1.54, 1.807) is 0 Å². The maximum Gasteiger partial charge on any atom is 0.269 e. The topological polar surface area (TPSA) is 104 Å². The van der Waals surface area contributed by atoms with Crippen LogP contribution in [0.15, 0.2) is 58.8 Å². The van der Waals surface area contributed by atoms with Crippen LogP contribution in [-0.4, -0.2) is 15.0 Å². The Hall–Kier alpha value is -3.22. The van der Waals surface area contributed by atoms with Crippen LogP contribution >= 0.6 is 0 Å². The molecule has 1 heterocycles. The van der Waals surface area contributed by atoms with Crippen LogP contribution in [0.1, 0.15) is 0 Å². The third kappa shape index (κ3) is 2.44. The number of rotatable bonds is 3. The minimum absolute atomic E-state index is 0.0103. The summed E-state index contributed by atoms with van der Waals surface area (Å²) in [5.74, 6) is -0.0677. The van der Waals surface area contributed by atoms with Gasteiger partial charge < -0.3 is 10.1 Å². The zero-order chi connectivity index (χ0) is 14.8. The summed E-state index contributed by atoms with van der Waals surface area (Å²) in [5.41, 5.74) is 1.55. The van der Waals surface area contributed by atoms with Crippen LogP contribution in [0.25, 0.3) is 10.9 Å². The van der Waals surface area contributed by atoms with Crippen molar-refractivity contribution in [1.82, 2.24) is 4.98 Å². The van der Waals surface area contributed by atoms with Gasteiger partial charge in [-0.1, -0.05) is 18.2 Å². The van der Waals surface area contributed by atoms with Crippen molar-refractivity contribution in [3.63, 3.8) is 0 Å². The summed E-state index contributed by atoms with van der Waals surface area (Å²) < 4.78 is 0. The van der Waals surface area contributed by atoms with Crippen molar-refractivity contribution in [3.05, 3.63) is 58.6 Å². The number of nitrogens with one attached hydrogen (secondary N) is 1. The number of H-pyrrole nitrogens is 1. The lowest BCUT2D eigenvalue weighted by Gasteiger charge is -1.93. The molecule has 104 valence electrons. The molecule has 21 heavy (non-hydrogen) atoms. The van der Waals surface area contributed by atoms with E-state index in [0.29, 0.717) is 11.4 Å². The fraction of sp³-hybridized carbons (Fsp3) is 0. The molecule has 0 bridgehead atoms. The molecule has 1 aromatic heterocycles. The first-order valence-electron chi connectivity index (χ1n) is 6.11. The number of benzene rings is 2. The largest absolute Gasteiger partial charge is 0.493 e. The predicted octanol–water partition coefficient (Wildman–Crippen LogP) is 4.20. The lowest BCUT2D eigenvalue weighted by atomic mass is 10.2. The molecule has 3 rings (SSSR count). The molecule has 0 spiro atoms. The minimum atomic E-state index is -0.480. The Morgan fingerprint density at radius 1 is 1.05 bits per heavy atom. The predicted molar refractivity (Wildman–Crippen MR) is 77.2 cm³/mol. The fourth-order valence-electron chi connectivity index (χ4n) is 1.96. The Bertz CT molecular complexity index is 837. The van der Waals surface area contributed by atoms with Gasteiger partial charge in [0.15, 0.2) is 5.69 Å². The second-order valence-electron chi connectivity index (χ2n) is 4.34. The summed E-state index contributed by atoms with van der Waals surface area (Å²) in [6, 6.07) is 13.0. The molecule has 3 aromatic rings. The van der Waals surface area contributed by atoms with Crippen molar-refractivity contribution in [2.75, 3.05) is 0 Å². The highest BCUT2D eigenvalue weighted by Gasteiger charge is 2.09. The Kier molecular flexibility index (Phi) is 3.07. The van der Waals surface area contributed by atoms with Crippen molar-refractivity contribution in [2.24, 2.45) is 10.2 Å². The number of aromatic amines is 1. The molecule has 0 saturated heterocycles. The van der Waals surface area contributed by atoms with E-state index in [1.807, 2.05) is 24.3 Å². The highest BCUT2D eigenvalue weighted by Crippen LogP contribution is 2.36. The first kappa shape index (κ1) is 12.8. The first-order chi connectivity index (χ1) is 10.1. The minimum Gasteiger partial charge on any atom is -0.493 e. The molecule has 0 unspecified atom stereocenters. The number of aromatic nitrogens is 1. The normalized spacial score (nSPS) is 11.2. The summed E-state index contributed by atoms with van der Waals surface area (Å²) in [5, 5.41) is 29.1. The van der Waals surface area contributed by atoms with Crippen LogP contribution in [0.5, 0.6) is 5.88 Å². The van der Waals surface area contributed by atoms with E-state index in [2.05, 4.69) is 15.2 Å². The van der Waals surface area contributed by atoms with Gasteiger partial charge in [0.2, 0.25) is 5.88 Å². The van der Waals surface area contributed by atoms with E-state index in [0.717, 1.165) is 10.9 Å². The van der Waals surface area contributed by atoms with Gasteiger partial charge in [-0.25, -0.2) is 0 Å². The number of nitro benzene ring substituents is 1. The quantitative estimate of drug-likeness (QED) is 0.427. The molecule has 2 N–H and O–H groups in total. The summed E-state index contributed by atoms with van der Waals surface area (Å²) in [6.07, 6.45) is 0. The molecule has 0 amide bonds. The Morgan fingerprint density at radius 2 is 1.76 bits per heavy atom. The first-order valence-corrected chi connectivity index (χ1v) is 6.11. The Morgan fingerprint density at radius 3 is 2.48 bits per heavy atom. The summed E-state index contributed by atoms with van der Waals surface area (Å²) in [4.78, 5) is 12.9. The average molecular weight is 282 g/mol. The van der Waals surface area contributed by atoms with E-state index in [4.69, 9.17) is 0 Å². The smallest absolute Gasteiger partial charge is 0.269 e. The van der Waals surface area contributed by atoms with Gasteiger partial charge in [0.25, 0.3) is 5.69 Å². The third-order valence-corrected chi connectivity index (χ3v) is 2.99. The zero-order valence-corrected chi connectivity index (χ0v) is 10.7. The van der Waals surface area contributed by atoms with Crippen LogP contribution in [0.2, 0.25) is 0 Å². The summed E-state index contributed by atoms with van der Waals surface area (Å²) >= 11 is 0. The van der Waals surface area contributed by atoms with Gasteiger partial charge in [0.05, 0.1) is 16.1 Å². The van der Waals surface area contributed by atoms with Gasteiger partial charge in [-0.2, -0.15) is 5.11 Å². The third-order valence-electron chi connectivity index (χ3n) is 2.99. The number of nitro groups is 1. The maximum atomic E-state index is 10.6. The number of para-hydroxylation sites is 1. The fourth-order valence-corrected chi connectivity index (χ4v) is 1.96. The molecule has 0 aliphatic carbocycles. The molecule has 0 atom stereocenters. The van der Waals surface area contributed by atoms with E-state index in [9.17, 15) is 15.2 Å². The monoisotopic (exact) mass is 282 g/mol. The number of non-ortho nitro benzene ring substituents is 1. The Labute approximate surface area is 118 Å². The second-order valence-corrected chi connectivity index (χ2v) is 4.34. The van der Waals surface area contributed by atoms with E-state index in [-0.39, 0.29) is 11.6 Å². The van der Waals surface area contributed by atoms with Crippen LogP contribution in [0.3, 0.4) is 0 Å². The standard InChI is InChI=1S/C14H10N4O3/c19-14-13(11-3-1-2-4-12(11)15-14)17-16-9-5-7-10(8-6-9)18(20)21/h1-8,15,19H. The highest BCUT2D eigenvalue weighted by atomic mass is 16.6. The molecule has 0 aliphatic rings. The van der Waals surface area contributed by atoms with Crippen LogP contribution in [-0.2, 0) is 0 Å². The summed E-state index contributed by atoms with van der Waals surface area (Å²) in [6.45, 7) is 0. The number of azo groups is 1. The average Bonchev–Trinajstić information content (AvgIpc) is 2.81. The molecule has 0 aliphatic heterocycles. The molecule has 0 saturated carbocycles. The van der Waals surface area contributed by atoms with E-state index in [1.165, 1.54) is 24.3 Å². The number of hydrogen-bond acceptors (Lipinski definition) is 5. The second kappa shape index (κ2) is 5.04. The number of fused-ring (bicyclic) bond motifs is 1. The molecule has 7 nitrogen and oxygen atoms in total. The van der Waals surface area contributed by atoms with E-state index >= 15 is 0 Å². The number of hydrogen-bond donors (Lipinski definition) is 2.